The van der Waals surface area contributed by atoms with Crippen molar-refractivity contribution >= 4 is 0 Å². The normalized spacial score (nSPS) is 22.7. The van der Waals surface area contributed by atoms with Crippen molar-refractivity contribution in [3.8, 4) is 0 Å². The van der Waals surface area contributed by atoms with Crippen molar-refractivity contribution in [2.24, 2.45) is 11.8 Å². The Morgan fingerprint density at radius 2 is 0.725 bits per heavy atom. The van der Waals surface area contributed by atoms with Crippen LogP contribution >= 0.6 is 0 Å². The zero-order valence-electron chi connectivity index (χ0n) is 29.4. The number of alkyl halides is 6. The van der Waals surface area contributed by atoms with Gasteiger partial charge in [0.25, 0.3) is 0 Å². The van der Waals surface area contributed by atoms with E-state index in [0.29, 0.717) is 23.0 Å². The van der Waals surface area contributed by atoms with E-state index in [9.17, 15) is 26.3 Å². The summed E-state index contributed by atoms with van der Waals surface area (Å²) in [4.78, 5) is 0. The van der Waals surface area contributed by atoms with Crippen LogP contribution in [0.5, 0.6) is 0 Å². The molecule has 2 unspecified atom stereocenters. The molecule has 2 atom stereocenters. The van der Waals surface area contributed by atoms with Gasteiger partial charge in [-0.05, 0) is 133 Å². The van der Waals surface area contributed by atoms with Gasteiger partial charge in [0.15, 0.2) is 0 Å². The van der Waals surface area contributed by atoms with Gasteiger partial charge in [0.2, 0.25) is 0 Å². The van der Waals surface area contributed by atoms with Gasteiger partial charge < -0.3 is 4.74 Å². The van der Waals surface area contributed by atoms with Crippen LogP contribution in [-0.4, -0.2) is 0 Å². The van der Waals surface area contributed by atoms with E-state index in [2.05, 4.69) is 38.1 Å². The van der Waals surface area contributed by atoms with Crippen molar-refractivity contribution < 1.29 is 31.1 Å². The molecule has 0 saturated heterocycles. The van der Waals surface area contributed by atoms with Crippen LogP contribution in [0.3, 0.4) is 0 Å². The van der Waals surface area contributed by atoms with Crippen LogP contribution in [0.1, 0.15) is 147 Å². The predicted octanol–water partition coefficient (Wildman–Crippen LogP) is 14.0. The van der Waals surface area contributed by atoms with Crippen LogP contribution in [0, 0.1) is 11.8 Å². The fourth-order valence-corrected chi connectivity index (χ4v) is 8.22. The summed E-state index contributed by atoms with van der Waals surface area (Å²) in [6.45, 7) is 4.48. The molecule has 272 valence electrons. The smallest absolute Gasteiger partial charge is 0.356 e. The molecular formula is C44H48F6O. The highest BCUT2D eigenvalue weighted by Gasteiger charge is 2.33. The first kappa shape index (κ1) is 37.2. The molecule has 0 radical (unpaired) electrons. The van der Waals surface area contributed by atoms with Crippen LogP contribution < -0.4 is 0 Å². The fourth-order valence-electron chi connectivity index (χ4n) is 8.22. The standard InChI is InChI=1S/C44H48F6O/c1-3-29-5-9-31(10-6-29)33-13-17-35(18-14-33)41(37-21-25-39(26-22-37)43(45,46)47)51-42(38-23-27-40(28-24-38)44(48,49)50)36-19-15-34(16-20-36)32-11-7-30(4-2)8-12-32/h13-32,41-42H,3-12H2,1-2H3. The second kappa shape index (κ2) is 16.0. The third kappa shape index (κ3) is 9.08. The van der Waals surface area contributed by atoms with Gasteiger partial charge in [-0.3, -0.25) is 0 Å². The summed E-state index contributed by atoms with van der Waals surface area (Å²) < 4.78 is 88.4. The average molecular weight is 707 g/mol. The number of ether oxygens (including phenoxy) is 1. The number of halogens is 6. The van der Waals surface area contributed by atoms with E-state index in [1.165, 1.54) is 73.9 Å². The van der Waals surface area contributed by atoms with Gasteiger partial charge in [-0.1, -0.05) is 99.5 Å². The average Bonchev–Trinajstić information content (AvgIpc) is 3.15. The van der Waals surface area contributed by atoms with Crippen LogP contribution in [0.15, 0.2) is 97.1 Å². The van der Waals surface area contributed by atoms with Crippen LogP contribution in [0.4, 0.5) is 26.3 Å². The molecule has 0 amide bonds. The lowest BCUT2D eigenvalue weighted by atomic mass is 9.77. The quantitative estimate of drug-likeness (QED) is 0.149. The maximum Gasteiger partial charge on any atom is 0.416 e. The summed E-state index contributed by atoms with van der Waals surface area (Å²) in [7, 11) is 0. The van der Waals surface area contributed by atoms with Gasteiger partial charge in [0, 0.05) is 0 Å². The van der Waals surface area contributed by atoms with E-state index in [4.69, 9.17) is 4.74 Å². The molecule has 0 aliphatic heterocycles. The topological polar surface area (TPSA) is 9.23 Å². The van der Waals surface area contributed by atoms with Crippen molar-refractivity contribution in [2.45, 2.75) is 114 Å². The van der Waals surface area contributed by atoms with Gasteiger partial charge in [-0.2, -0.15) is 26.3 Å². The monoisotopic (exact) mass is 706 g/mol. The minimum atomic E-state index is -4.49. The van der Waals surface area contributed by atoms with Gasteiger partial charge in [0.05, 0.1) is 11.1 Å². The zero-order chi connectivity index (χ0) is 36.2. The van der Waals surface area contributed by atoms with Crippen LogP contribution in [0.25, 0.3) is 0 Å². The maximum atomic E-state index is 13.6. The highest BCUT2D eigenvalue weighted by atomic mass is 19.4. The molecule has 2 aliphatic rings. The van der Waals surface area contributed by atoms with E-state index in [1.54, 1.807) is 0 Å². The molecule has 2 aliphatic carbocycles. The molecule has 6 rings (SSSR count). The molecule has 1 nitrogen and oxygen atoms in total. The van der Waals surface area contributed by atoms with Crippen molar-refractivity contribution in [3.05, 3.63) is 142 Å². The number of benzene rings is 4. The Labute approximate surface area is 298 Å². The summed E-state index contributed by atoms with van der Waals surface area (Å²) >= 11 is 0. The Bertz CT molecular complexity index is 1530. The molecule has 0 heterocycles. The van der Waals surface area contributed by atoms with E-state index < -0.39 is 35.7 Å². The first-order valence-electron chi connectivity index (χ1n) is 18.6. The SMILES string of the molecule is CCC1CCC(c2ccc(C(OC(c3ccc(C4CCC(CC)CC4)cc3)c3ccc(C(F)(F)F)cc3)c3ccc(C(F)(F)F)cc3)cc2)CC1. The van der Waals surface area contributed by atoms with E-state index in [0.717, 1.165) is 72.9 Å². The lowest BCUT2D eigenvalue weighted by Gasteiger charge is -2.30. The fraction of sp³-hybridized carbons (Fsp3) is 0.455. The number of hydrogen-bond donors (Lipinski definition) is 0. The molecule has 2 saturated carbocycles. The zero-order valence-corrected chi connectivity index (χ0v) is 29.4. The summed E-state index contributed by atoms with van der Waals surface area (Å²) in [5.74, 6) is 2.46. The molecule has 51 heavy (non-hydrogen) atoms. The highest BCUT2D eigenvalue weighted by molar-refractivity contribution is 5.39. The van der Waals surface area contributed by atoms with Crippen molar-refractivity contribution in [2.75, 3.05) is 0 Å². The summed E-state index contributed by atoms with van der Waals surface area (Å²) in [6.07, 6.45) is 1.16. The van der Waals surface area contributed by atoms with Crippen molar-refractivity contribution in [1.29, 1.82) is 0 Å². The Balaban J connectivity index is 1.35. The number of rotatable bonds is 10. The Hall–Kier alpha value is -3.58. The first-order valence-corrected chi connectivity index (χ1v) is 18.6. The summed E-state index contributed by atoms with van der Waals surface area (Å²) in [6, 6.07) is 26.3. The van der Waals surface area contributed by atoms with Crippen LogP contribution in [0.2, 0.25) is 0 Å². The van der Waals surface area contributed by atoms with Crippen molar-refractivity contribution in [3.63, 3.8) is 0 Å². The third-order valence-electron chi connectivity index (χ3n) is 11.6. The Morgan fingerprint density at radius 1 is 0.451 bits per heavy atom. The molecule has 0 bridgehead atoms. The molecular weight excluding hydrogens is 658 g/mol. The van der Waals surface area contributed by atoms with Gasteiger partial charge in [-0.25, -0.2) is 0 Å². The third-order valence-corrected chi connectivity index (χ3v) is 11.6. The second-order valence-corrected chi connectivity index (χ2v) is 14.7. The molecule has 0 aromatic heterocycles. The molecule has 4 aromatic carbocycles. The minimum Gasteiger partial charge on any atom is -0.356 e. The molecule has 2 fully saturated rings. The first-order chi connectivity index (χ1) is 24.4. The van der Waals surface area contributed by atoms with E-state index >= 15 is 0 Å². The van der Waals surface area contributed by atoms with Gasteiger partial charge in [-0.15, -0.1) is 0 Å². The highest BCUT2D eigenvalue weighted by Crippen LogP contribution is 2.42. The molecule has 0 N–H and O–H groups in total. The summed E-state index contributed by atoms with van der Waals surface area (Å²) in [5.41, 5.74) is 3.55. The minimum absolute atomic E-state index is 0.461. The van der Waals surface area contributed by atoms with Crippen molar-refractivity contribution in [1.82, 2.24) is 0 Å². The number of hydrogen-bond acceptors (Lipinski definition) is 1. The molecule has 4 aromatic rings. The van der Waals surface area contributed by atoms with Gasteiger partial charge >= 0.3 is 12.4 Å². The van der Waals surface area contributed by atoms with Crippen LogP contribution in [-0.2, 0) is 17.1 Å². The predicted molar refractivity (Wildman–Crippen MR) is 191 cm³/mol. The summed E-state index contributed by atoms with van der Waals surface area (Å²) in [5, 5.41) is 0. The van der Waals surface area contributed by atoms with Gasteiger partial charge in [0.1, 0.15) is 12.2 Å². The second-order valence-electron chi connectivity index (χ2n) is 14.7. The Kier molecular flexibility index (Phi) is 11.6. The lowest BCUT2D eigenvalue weighted by molar-refractivity contribution is -0.138. The molecule has 7 heteroatoms. The lowest BCUT2D eigenvalue weighted by Crippen LogP contribution is -2.16. The Morgan fingerprint density at radius 3 is 0.980 bits per heavy atom. The van der Waals surface area contributed by atoms with E-state index in [-0.39, 0.29) is 0 Å². The maximum absolute atomic E-state index is 13.6. The van der Waals surface area contributed by atoms with E-state index in [1.807, 2.05) is 24.3 Å². The largest absolute Gasteiger partial charge is 0.416 e. The molecule has 0 spiro atoms.